The quantitative estimate of drug-likeness (QED) is 0.740. The topological polar surface area (TPSA) is 42.6 Å². The van der Waals surface area contributed by atoms with Crippen LogP contribution < -0.4 is 14.0 Å². The summed E-state index contributed by atoms with van der Waals surface area (Å²) in [5, 5.41) is 12.1. The number of phenols is 1. The van der Waals surface area contributed by atoms with Crippen molar-refractivity contribution >= 4 is 10.8 Å². The van der Waals surface area contributed by atoms with Gasteiger partial charge in [0.15, 0.2) is 24.2 Å². The lowest BCUT2D eigenvalue weighted by Crippen LogP contribution is -2.39. The molecule has 23 heavy (non-hydrogen) atoms. The van der Waals surface area contributed by atoms with E-state index in [1.807, 2.05) is 12.1 Å². The SMILES string of the molecule is COc1ccc2c(c1)CC[n+]1cc3cc(OC)c(O)cc3cc1-2. The molecule has 4 rings (SSSR count). The van der Waals surface area contributed by atoms with Crippen LogP contribution in [0.15, 0.2) is 42.6 Å². The second-order valence-corrected chi connectivity index (χ2v) is 5.78. The van der Waals surface area contributed by atoms with E-state index in [1.54, 1.807) is 20.3 Å². The van der Waals surface area contributed by atoms with Gasteiger partial charge in [-0.3, -0.25) is 0 Å². The molecular weight excluding hydrogens is 290 g/mol. The molecule has 3 aromatic rings. The minimum atomic E-state index is 0.163. The van der Waals surface area contributed by atoms with Crippen LogP contribution >= 0.6 is 0 Å². The van der Waals surface area contributed by atoms with Crippen molar-refractivity contribution in [2.75, 3.05) is 14.2 Å². The van der Waals surface area contributed by atoms with Crippen molar-refractivity contribution in [3.8, 4) is 28.5 Å². The van der Waals surface area contributed by atoms with Gasteiger partial charge in [-0.05, 0) is 41.3 Å². The van der Waals surface area contributed by atoms with Gasteiger partial charge in [-0.15, -0.1) is 0 Å². The van der Waals surface area contributed by atoms with Crippen molar-refractivity contribution in [2.45, 2.75) is 13.0 Å². The maximum atomic E-state index is 10.0. The van der Waals surface area contributed by atoms with Crippen LogP contribution in [0.25, 0.3) is 22.0 Å². The third kappa shape index (κ3) is 2.18. The van der Waals surface area contributed by atoms with Crippen molar-refractivity contribution in [3.05, 3.63) is 48.2 Å². The van der Waals surface area contributed by atoms with Crippen molar-refractivity contribution in [3.63, 3.8) is 0 Å². The molecule has 1 N–H and O–H groups in total. The molecule has 1 aromatic heterocycles. The van der Waals surface area contributed by atoms with Crippen molar-refractivity contribution in [2.24, 2.45) is 0 Å². The van der Waals surface area contributed by atoms with E-state index in [9.17, 15) is 5.11 Å². The molecule has 0 aliphatic carbocycles. The molecule has 0 radical (unpaired) electrons. The van der Waals surface area contributed by atoms with Crippen molar-refractivity contribution in [1.29, 1.82) is 0 Å². The summed E-state index contributed by atoms with van der Waals surface area (Å²) in [5.41, 5.74) is 3.67. The first-order chi connectivity index (χ1) is 11.2. The van der Waals surface area contributed by atoms with Crippen LogP contribution in [-0.2, 0) is 13.0 Å². The fraction of sp³-hybridized carbons (Fsp3) is 0.211. The van der Waals surface area contributed by atoms with Gasteiger partial charge in [-0.1, -0.05) is 0 Å². The van der Waals surface area contributed by atoms with E-state index in [1.165, 1.54) is 11.1 Å². The number of nitrogens with zero attached hydrogens (tertiary/aromatic N) is 1. The van der Waals surface area contributed by atoms with Crippen LogP contribution in [-0.4, -0.2) is 19.3 Å². The lowest BCUT2D eigenvalue weighted by atomic mass is 9.95. The molecule has 0 atom stereocenters. The van der Waals surface area contributed by atoms with E-state index in [0.717, 1.165) is 35.2 Å². The number of aromatic hydroxyl groups is 1. The molecule has 0 fully saturated rings. The summed E-state index contributed by atoms with van der Waals surface area (Å²) >= 11 is 0. The van der Waals surface area contributed by atoms with Gasteiger partial charge in [0, 0.05) is 23.4 Å². The van der Waals surface area contributed by atoms with Crippen molar-refractivity contribution < 1.29 is 19.1 Å². The molecule has 0 unspecified atom stereocenters. The summed E-state index contributed by atoms with van der Waals surface area (Å²) < 4.78 is 12.8. The molecule has 4 heteroatoms. The highest BCUT2D eigenvalue weighted by Gasteiger charge is 2.24. The number of ether oxygens (including phenoxy) is 2. The number of pyridine rings is 1. The minimum Gasteiger partial charge on any atom is -0.504 e. The Bertz CT molecular complexity index is 918. The summed E-state index contributed by atoms with van der Waals surface area (Å²) in [5.74, 6) is 1.55. The summed E-state index contributed by atoms with van der Waals surface area (Å²) in [4.78, 5) is 0. The highest BCUT2D eigenvalue weighted by Crippen LogP contribution is 2.34. The molecule has 116 valence electrons. The number of phenolic OH excluding ortho intramolecular Hbond substituents is 1. The zero-order chi connectivity index (χ0) is 16.0. The number of benzene rings is 2. The average Bonchev–Trinajstić information content (AvgIpc) is 2.59. The molecule has 0 saturated heterocycles. The molecule has 0 amide bonds. The third-order valence-corrected chi connectivity index (χ3v) is 4.49. The first-order valence-electron chi connectivity index (χ1n) is 7.61. The Morgan fingerprint density at radius 2 is 1.87 bits per heavy atom. The monoisotopic (exact) mass is 308 g/mol. The predicted octanol–water partition coefficient (Wildman–Crippen LogP) is 3.07. The maximum Gasteiger partial charge on any atom is 0.213 e. The number of aryl methyl sites for hydroxylation is 2. The van der Waals surface area contributed by atoms with Crippen LogP contribution in [0.5, 0.6) is 17.2 Å². The number of hydrogen-bond donors (Lipinski definition) is 1. The van der Waals surface area contributed by atoms with Gasteiger partial charge in [-0.2, -0.15) is 4.57 Å². The first-order valence-corrected chi connectivity index (χ1v) is 7.61. The van der Waals surface area contributed by atoms with Crippen LogP contribution in [0.4, 0.5) is 0 Å². The molecule has 4 nitrogen and oxygen atoms in total. The Hall–Kier alpha value is -2.75. The number of hydrogen-bond acceptors (Lipinski definition) is 3. The Labute approximate surface area is 134 Å². The average molecular weight is 308 g/mol. The molecule has 0 spiro atoms. The van der Waals surface area contributed by atoms with E-state index in [-0.39, 0.29) is 5.75 Å². The minimum absolute atomic E-state index is 0.163. The number of fused-ring (bicyclic) bond motifs is 4. The zero-order valence-electron chi connectivity index (χ0n) is 13.2. The molecular formula is C19H18NO3+. The van der Waals surface area contributed by atoms with Crippen LogP contribution in [0, 0.1) is 0 Å². The Morgan fingerprint density at radius 3 is 2.65 bits per heavy atom. The first kappa shape index (κ1) is 13.9. The Balaban J connectivity index is 1.93. The van der Waals surface area contributed by atoms with Gasteiger partial charge in [0.2, 0.25) is 5.69 Å². The fourth-order valence-corrected chi connectivity index (χ4v) is 3.28. The van der Waals surface area contributed by atoms with Gasteiger partial charge in [-0.25, -0.2) is 0 Å². The molecule has 1 aliphatic rings. The Kier molecular flexibility index (Phi) is 3.11. The highest BCUT2D eigenvalue weighted by atomic mass is 16.5. The number of rotatable bonds is 2. The van der Waals surface area contributed by atoms with Gasteiger partial charge in [0.05, 0.1) is 14.2 Å². The van der Waals surface area contributed by atoms with Gasteiger partial charge >= 0.3 is 0 Å². The second kappa shape index (κ2) is 5.16. The molecule has 2 heterocycles. The molecule has 0 bridgehead atoms. The second-order valence-electron chi connectivity index (χ2n) is 5.78. The summed E-state index contributed by atoms with van der Waals surface area (Å²) in [6, 6.07) is 12.0. The fourth-order valence-electron chi connectivity index (χ4n) is 3.28. The normalized spacial score (nSPS) is 12.6. The van der Waals surface area contributed by atoms with Crippen LogP contribution in [0.3, 0.4) is 0 Å². The Morgan fingerprint density at radius 1 is 1.00 bits per heavy atom. The lowest BCUT2D eigenvalue weighted by molar-refractivity contribution is -0.686. The van der Waals surface area contributed by atoms with Crippen LogP contribution in [0.2, 0.25) is 0 Å². The predicted molar refractivity (Wildman–Crippen MR) is 88.1 cm³/mol. The number of aromatic nitrogens is 1. The zero-order valence-corrected chi connectivity index (χ0v) is 13.2. The van der Waals surface area contributed by atoms with Gasteiger partial charge in [0.25, 0.3) is 0 Å². The smallest absolute Gasteiger partial charge is 0.213 e. The summed E-state index contributed by atoms with van der Waals surface area (Å²) in [7, 11) is 3.26. The largest absolute Gasteiger partial charge is 0.504 e. The van der Waals surface area contributed by atoms with E-state index >= 15 is 0 Å². The maximum absolute atomic E-state index is 10.0. The summed E-state index contributed by atoms with van der Waals surface area (Å²) in [6.45, 7) is 0.925. The van der Waals surface area contributed by atoms with E-state index in [2.05, 4.69) is 29.0 Å². The highest BCUT2D eigenvalue weighted by molar-refractivity contribution is 5.87. The van der Waals surface area contributed by atoms with Crippen LogP contribution in [0.1, 0.15) is 5.56 Å². The summed E-state index contributed by atoms with van der Waals surface area (Å²) in [6.07, 6.45) is 3.10. The lowest BCUT2D eigenvalue weighted by Gasteiger charge is -2.16. The molecule has 2 aromatic carbocycles. The third-order valence-electron chi connectivity index (χ3n) is 4.49. The van der Waals surface area contributed by atoms with Gasteiger partial charge in [0.1, 0.15) is 5.75 Å². The number of methoxy groups -OCH3 is 2. The van der Waals surface area contributed by atoms with Crippen molar-refractivity contribution in [1.82, 2.24) is 0 Å². The molecule has 1 aliphatic heterocycles. The van der Waals surface area contributed by atoms with E-state index in [4.69, 9.17) is 9.47 Å². The van der Waals surface area contributed by atoms with Gasteiger partial charge < -0.3 is 14.6 Å². The standard InChI is InChI=1S/C19H17NO3/c1-22-15-3-4-16-12(7-15)5-6-20-11-14-10-19(23-2)18(21)9-13(14)8-17(16)20/h3-4,7-11H,5-6H2,1-2H3/p+1. The van der Waals surface area contributed by atoms with E-state index in [0.29, 0.717) is 5.75 Å². The van der Waals surface area contributed by atoms with E-state index < -0.39 is 0 Å². The molecule has 0 saturated carbocycles.